The van der Waals surface area contributed by atoms with Crippen LogP contribution in [0.1, 0.15) is 58.8 Å². The first-order valence-corrected chi connectivity index (χ1v) is 5.53. The molecule has 0 aliphatic carbocycles. The third-order valence-corrected chi connectivity index (χ3v) is 2.51. The van der Waals surface area contributed by atoms with Gasteiger partial charge in [0.25, 0.3) is 0 Å². The summed E-state index contributed by atoms with van der Waals surface area (Å²) in [5.41, 5.74) is 1.46. The number of rotatable bonds is 4. The van der Waals surface area contributed by atoms with Crippen molar-refractivity contribution in [1.29, 1.82) is 0 Å². The number of nitrogens with one attached hydrogen (secondary N) is 1. The van der Waals surface area contributed by atoms with Crippen LogP contribution < -0.4 is 0 Å². The maximum Gasteiger partial charge on any atom is 0.353 e. The molecule has 0 saturated heterocycles. The topological polar surface area (TPSA) is 79.4 Å². The molecule has 0 aliphatic rings. The van der Waals surface area contributed by atoms with Crippen molar-refractivity contribution in [2.75, 3.05) is 6.61 Å². The first-order chi connectivity index (χ1) is 7.90. The van der Waals surface area contributed by atoms with Crippen LogP contribution in [-0.4, -0.2) is 28.6 Å². The Labute approximate surface area is 99.8 Å². The van der Waals surface area contributed by atoms with Gasteiger partial charge in [-0.15, -0.1) is 0 Å². The largest absolute Gasteiger partial charge is 0.477 e. The van der Waals surface area contributed by atoms with Crippen molar-refractivity contribution in [2.45, 2.75) is 33.6 Å². The highest BCUT2D eigenvalue weighted by Crippen LogP contribution is 2.27. The molecule has 1 rings (SSSR count). The number of aromatic nitrogens is 1. The lowest BCUT2D eigenvalue weighted by atomic mass is 9.98. The van der Waals surface area contributed by atoms with Crippen molar-refractivity contribution in [3.63, 3.8) is 0 Å². The monoisotopic (exact) mass is 239 g/mol. The highest BCUT2D eigenvalue weighted by atomic mass is 16.5. The molecule has 0 aromatic carbocycles. The predicted molar refractivity (Wildman–Crippen MR) is 62.5 cm³/mol. The molecule has 0 radical (unpaired) electrons. The van der Waals surface area contributed by atoms with Gasteiger partial charge >= 0.3 is 11.9 Å². The number of H-pyrrole nitrogens is 1. The zero-order chi connectivity index (χ0) is 13.2. The number of carboxylic acid groups (broad SMARTS) is 1. The van der Waals surface area contributed by atoms with Crippen molar-refractivity contribution in [3.05, 3.63) is 22.5 Å². The van der Waals surface area contributed by atoms with E-state index in [1.807, 2.05) is 13.8 Å². The average molecular weight is 239 g/mol. The van der Waals surface area contributed by atoms with Crippen molar-refractivity contribution in [2.24, 2.45) is 0 Å². The number of aromatic amines is 1. The molecule has 5 nitrogen and oxygen atoms in total. The zero-order valence-electron chi connectivity index (χ0n) is 10.5. The molecule has 5 heteroatoms. The Morgan fingerprint density at radius 2 is 2.00 bits per heavy atom. The Morgan fingerprint density at radius 1 is 1.41 bits per heavy atom. The molecular weight excluding hydrogens is 222 g/mol. The third kappa shape index (κ3) is 2.49. The summed E-state index contributed by atoms with van der Waals surface area (Å²) in [5, 5.41) is 9.06. The molecule has 0 amide bonds. The van der Waals surface area contributed by atoms with Crippen LogP contribution in [0, 0.1) is 6.92 Å². The number of aryl methyl sites for hydroxylation is 1. The van der Waals surface area contributed by atoms with E-state index in [0.717, 1.165) is 0 Å². The lowest BCUT2D eigenvalue weighted by molar-refractivity contribution is 0.0512. The molecule has 1 aromatic rings. The molecule has 0 aliphatic heterocycles. The minimum atomic E-state index is -1.15. The van der Waals surface area contributed by atoms with Crippen molar-refractivity contribution >= 4 is 11.9 Å². The molecule has 17 heavy (non-hydrogen) atoms. The SMILES string of the molecule is CCOC(=O)c1c(C(=O)O)[nH]c(C)c1C(C)C. The smallest absolute Gasteiger partial charge is 0.353 e. The number of esters is 1. The fourth-order valence-electron chi connectivity index (χ4n) is 1.94. The lowest BCUT2D eigenvalue weighted by Gasteiger charge is -2.08. The number of carbonyl (C=O) groups excluding carboxylic acids is 1. The molecule has 0 saturated carbocycles. The van der Waals surface area contributed by atoms with E-state index in [2.05, 4.69) is 4.98 Å². The molecule has 0 atom stereocenters. The maximum atomic E-state index is 11.8. The number of carbonyl (C=O) groups is 2. The zero-order valence-corrected chi connectivity index (χ0v) is 10.5. The van der Waals surface area contributed by atoms with E-state index in [9.17, 15) is 9.59 Å². The molecule has 0 unspecified atom stereocenters. The normalized spacial score (nSPS) is 10.6. The molecule has 0 spiro atoms. The summed E-state index contributed by atoms with van der Waals surface area (Å²) in [6, 6.07) is 0. The van der Waals surface area contributed by atoms with Gasteiger partial charge in [0.2, 0.25) is 0 Å². The van der Waals surface area contributed by atoms with Gasteiger partial charge in [0.05, 0.1) is 12.2 Å². The van der Waals surface area contributed by atoms with Gasteiger partial charge < -0.3 is 14.8 Å². The lowest BCUT2D eigenvalue weighted by Crippen LogP contribution is -2.12. The Bertz CT molecular complexity index is 446. The fourth-order valence-corrected chi connectivity index (χ4v) is 1.94. The molecular formula is C12H17NO4. The van der Waals surface area contributed by atoms with Crippen LogP contribution >= 0.6 is 0 Å². The summed E-state index contributed by atoms with van der Waals surface area (Å²) in [4.78, 5) is 25.6. The Morgan fingerprint density at radius 3 is 2.41 bits per heavy atom. The number of hydrogen-bond acceptors (Lipinski definition) is 3. The van der Waals surface area contributed by atoms with Crippen LogP contribution in [-0.2, 0) is 4.74 Å². The van der Waals surface area contributed by atoms with Crippen LogP contribution in [0.25, 0.3) is 0 Å². The number of hydrogen-bond donors (Lipinski definition) is 2. The van der Waals surface area contributed by atoms with E-state index in [1.165, 1.54) is 0 Å². The molecule has 94 valence electrons. The van der Waals surface area contributed by atoms with Crippen molar-refractivity contribution in [3.8, 4) is 0 Å². The summed E-state index contributed by atoms with van der Waals surface area (Å²) in [6.07, 6.45) is 0. The van der Waals surface area contributed by atoms with Gasteiger partial charge in [-0.3, -0.25) is 0 Å². The third-order valence-electron chi connectivity index (χ3n) is 2.51. The van der Waals surface area contributed by atoms with Crippen LogP contribution in [0.4, 0.5) is 0 Å². The Kier molecular flexibility index (Phi) is 3.93. The maximum absolute atomic E-state index is 11.8. The summed E-state index contributed by atoms with van der Waals surface area (Å²) in [5.74, 6) is -1.68. The average Bonchev–Trinajstić information content (AvgIpc) is 2.56. The van der Waals surface area contributed by atoms with Gasteiger partial charge in [-0.1, -0.05) is 13.8 Å². The van der Waals surface area contributed by atoms with Crippen LogP contribution in [0.15, 0.2) is 0 Å². The second-order valence-corrected chi connectivity index (χ2v) is 4.09. The number of ether oxygens (including phenoxy) is 1. The second kappa shape index (κ2) is 5.03. The molecule has 0 bridgehead atoms. The highest BCUT2D eigenvalue weighted by molar-refractivity contribution is 6.03. The van der Waals surface area contributed by atoms with Crippen LogP contribution in [0.5, 0.6) is 0 Å². The minimum absolute atomic E-state index is 0.0544. The van der Waals surface area contributed by atoms with E-state index < -0.39 is 11.9 Å². The van der Waals surface area contributed by atoms with Gasteiger partial charge in [0.1, 0.15) is 5.69 Å². The highest BCUT2D eigenvalue weighted by Gasteiger charge is 2.27. The van der Waals surface area contributed by atoms with Gasteiger partial charge in [-0.05, 0) is 25.3 Å². The van der Waals surface area contributed by atoms with E-state index in [0.29, 0.717) is 11.3 Å². The first-order valence-electron chi connectivity index (χ1n) is 5.53. The van der Waals surface area contributed by atoms with E-state index in [4.69, 9.17) is 9.84 Å². The summed E-state index contributed by atoms with van der Waals surface area (Å²) >= 11 is 0. The molecule has 0 fully saturated rings. The molecule has 1 aromatic heterocycles. The predicted octanol–water partition coefficient (Wildman–Crippen LogP) is 2.32. The Hall–Kier alpha value is -1.78. The van der Waals surface area contributed by atoms with E-state index >= 15 is 0 Å². The summed E-state index contributed by atoms with van der Waals surface area (Å²) < 4.78 is 4.90. The standard InChI is InChI=1S/C12H17NO4/c1-5-17-12(16)9-8(6(2)3)7(4)13-10(9)11(14)15/h6,13H,5H2,1-4H3,(H,14,15). The number of carboxylic acids is 1. The van der Waals surface area contributed by atoms with Crippen LogP contribution in [0.3, 0.4) is 0 Å². The number of aromatic carboxylic acids is 1. The summed E-state index contributed by atoms with van der Waals surface area (Å²) in [7, 11) is 0. The first kappa shape index (κ1) is 13.3. The van der Waals surface area contributed by atoms with Gasteiger partial charge in [0, 0.05) is 5.69 Å². The van der Waals surface area contributed by atoms with Crippen molar-refractivity contribution < 1.29 is 19.4 Å². The van der Waals surface area contributed by atoms with Gasteiger partial charge in [0.15, 0.2) is 0 Å². The van der Waals surface area contributed by atoms with Gasteiger partial charge in [-0.25, -0.2) is 9.59 Å². The quantitative estimate of drug-likeness (QED) is 0.790. The van der Waals surface area contributed by atoms with E-state index in [1.54, 1.807) is 13.8 Å². The van der Waals surface area contributed by atoms with Crippen molar-refractivity contribution in [1.82, 2.24) is 4.98 Å². The van der Waals surface area contributed by atoms with Crippen LogP contribution in [0.2, 0.25) is 0 Å². The molecule has 2 N–H and O–H groups in total. The van der Waals surface area contributed by atoms with Gasteiger partial charge in [-0.2, -0.15) is 0 Å². The Balaban J connectivity index is 3.40. The second-order valence-electron chi connectivity index (χ2n) is 4.09. The molecule has 1 heterocycles. The minimum Gasteiger partial charge on any atom is -0.477 e. The summed E-state index contributed by atoms with van der Waals surface area (Å²) in [6.45, 7) is 7.48. The fraction of sp³-hybridized carbons (Fsp3) is 0.500. The van der Waals surface area contributed by atoms with E-state index in [-0.39, 0.29) is 23.8 Å².